The molecule has 1 heterocycles. The molecule has 1 rings (SSSR count). The Morgan fingerprint density at radius 1 is 1.73 bits per heavy atom. The van der Waals surface area contributed by atoms with Crippen LogP contribution in [0.25, 0.3) is 0 Å². The normalized spacial score (nSPS) is 8.64. The van der Waals surface area contributed by atoms with E-state index >= 15 is 0 Å². The van der Waals surface area contributed by atoms with Crippen LogP contribution in [-0.4, -0.2) is 11.3 Å². The summed E-state index contributed by atoms with van der Waals surface area (Å²) in [5, 5.41) is 0. The van der Waals surface area contributed by atoms with Crippen molar-refractivity contribution in [3.8, 4) is 12.3 Å². The SMILES string of the molecule is C#Cc1cnc(N)c(C=O)c1. The van der Waals surface area contributed by atoms with Crippen LogP contribution in [0.4, 0.5) is 5.82 Å². The van der Waals surface area contributed by atoms with E-state index in [9.17, 15) is 4.79 Å². The molecule has 2 N–H and O–H groups in total. The maximum Gasteiger partial charge on any atom is 0.153 e. The molecule has 0 aliphatic heterocycles. The van der Waals surface area contributed by atoms with Gasteiger partial charge in [-0.2, -0.15) is 0 Å². The zero-order chi connectivity index (χ0) is 8.27. The van der Waals surface area contributed by atoms with Crippen molar-refractivity contribution < 1.29 is 4.79 Å². The van der Waals surface area contributed by atoms with Crippen LogP contribution in [0.5, 0.6) is 0 Å². The molecule has 3 nitrogen and oxygen atoms in total. The maximum atomic E-state index is 10.3. The number of nitrogens with zero attached hydrogens (tertiary/aromatic N) is 1. The molecule has 0 radical (unpaired) electrons. The van der Waals surface area contributed by atoms with Crippen molar-refractivity contribution >= 4 is 12.1 Å². The molecule has 0 saturated heterocycles. The molecule has 3 heteroatoms. The lowest BCUT2D eigenvalue weighted by Gasteiger charge is -1.95. The second kappa shape index (κ2) is 2.84. The van der Waals surface area contributed by atoms with Crippen LogP contribution in [0.1, 0.15) is 15.9 Å². The molecule has 0 fully saturated rings. The molecule has 0 aliphatic rings. The summed E-state index contributed by atoms with van der Waals surface area (Å²) in [5.41, 5.74) is 6.23. The van der Waals surface area contributed by atoms with Gasteiger partial charge in [0, 0.05) is 11.8 Å². The average Bonchev–Trinajstić information content (AvgIpc) is 2.05. The monoisotopic (exact) mass is 146 g/mol. The third-order valence-electron chi connectivity index (χ3n) is 1.24. The second-order valence-electron chi connectivity index (χ2n) is 1.96. The lowest BCUT2D eigenvalue weighted by Crippen LogP contribution is -1.96. The molecule has 0 bridgehead atoms. The molecule has 1 aromatic rings. The minimum atomic E-state index is 0.207. The number of nitrogens with two attached hydrogens (primary N) is 1. The summed E-state index contributed by atoms with van der Waals surface area (Å²) in [5.74, 6) is 2.56. The zero-order valence-corrected chi connectivity index (χ0v) is 5.74. The molecule has 0 atom stereocenters. The van der Waals surface area contributed by atoms with Crippen LogP contribution in [0.3, 0.4) is 0 Å². The van der Waals surface area contributed by atoms with Crippen LogP contribution >= 0.6 is 0 Å². The van der Waals surface area contributed by atoms with E-state index < -0.39 is 0 Å². The highest BCUT2D eigenvalue weighted by Gasteiger charge is 1.98. The summed E-state index contributed by atoms with van der Waals surface area (Å²) in [6, 6.07) is 1.52. The van der Waals surface area contributed by atoms with E-state index in [1.54, 1.807) is 0 Å². The summed E-state index contributed by atoms with van der Waals surface area (Å²) >= 11 is 0. The molecule has 0 unspecified atom stereocenters. The topological polar surface area (TPSA) is 56.0 Å². The predicted molar refractivity (Wildman–Crippen MR) is 42.0 cm³/mol. The molecular formula is C8H6N2O. The largest absolute Gasteiger partial charge is 0.383 e. The molecule has 0 amide bonds. The Morgan fingerprint density at radius 3 is 3.00 bits per heavy atom. The number of rotatable bonds is 1. The number of nitrogen functional groups attached to an aromatic ring is 1. The third-order valence-corrected chi connectivity index (χ3v) is 1.24. The van der Waals surface area contributed by atoms with Crippen molar-refractivity contribution in [1.29, 1.82) is 0 Å². The highest BCUT2D eigenvalue weighted by Crippen LogP contribution is 2.06. The van der Waals surface area contributed by atoms with E-state index in [1.807, 2.05) is 0 Å². The van der Waals surface area contributed by atoms with E-state index in [2.05, 4.69) is 10.9 Å². The maximum absolute atomic E-state index is 10.3. The Balaban J connectivity index is 3.25. The van der Waals surface area contributed by atoms with Gasteiger partial charge >= 0.3 is 0 Å². The van der Waals surface area contributed by atoms with E-state index in [-0.39, 0.29) is 5.82 Å². The molecule has 0 spiro atoms. The van der Waals surface area contributed by atoms with E-state index in [0.29, 0.717) is 17.4 Å². The number of carbonyl (C=O) groups is 1. The molecule has 0 aromatic carbocycles. The van der Waals surface area contributed by atoms with Crippen LogP contribution in [0, 0.1) is 12.3 Å². The van der Waals surface area contributed by atoms with E-state index in [4.69, 9.17) is 12.2 Å². The van der Waals surface area contributed by atoms with Crippen molar-refractivity contribution in [1.82, 2.24) is 4.98 Å². The standard InChI is InChI=1S/C8H6N2O/c1-2-6-3-7(5-11)8(9)10-4-6/h1,3-5H,(H2,9,10). The number of carbonyl (C=O) groups excluding carboxylic acids is 1. The van der Waals surface area contributed by atoms with Gasteiger partial charge in [0.05, 0.1) is 5.56 Å². The minimum Gasteiger partial charge on any atom is -0.383 e. The van der Waals surface area contributed by atoms with Crippen LogP contribution < -0.4 is 5.73 Å². The number of terminal acetylenes is 1. The van der Waals surface area contributed by atoms with Gasteiger partial charge in [-0.05, 0) is 6.07 Å². The van der Waals surface area contributed by atoms with Crippen molar-refractivity contribution in [2.75, 3.05) is 5.73 Å². The zero-order valence-electron chi connectivity index (χ0n) is 5.74. The fraction of sp³-hybridized carbons (Fsp3) is 0. The first-order chi connectivity index (χ1) is 5.27. The number of aldehydes is 1. The molecule has 54 valence electrons. The van der Waals surface area contributed by atoms with Gasteiger partial charge in [0.2, 0.25) is 0 Å². The Bertz CT molecular complexity index is 325. The molecule has 0 aliphatic carbocycles. The summed E-state index contributed by atoms with van der Waals surface area (Å²) in [7, 11) is 0. The van der Waals surface area contributed by atoms with Crippen molar-refractivity contribution in [2.24, 2.45) is 0 Å². The summed E-state index contributed by atoms with van der Waals surface area (Å²) in [6.45, 7) is 0. The van der Waals surface area contributed by atoms with Crippen molar-refractivity contribution in [3.63, 3.8) is 0 Å². The number of hydrogen-bond donors (Lipinski definition) is 1. The first kappa shape index (κ1) is 7.29. The lowest BCUT2D eigenvalue weighted by atomic mass is 10.2. The smallest absolute Gasteiger partial charge is 0.153 e. The lowest BCUT2D eigenvalue weighted by molar-refractivity contribution is 0.112. The Labute approximate surface area is 64.2 Å². The number of pyridine rings is 1. The Morgan fingerprint density at radius 2 is 2.45 bits per heavy atom. The van der Waals surface area contributed by atoms with Gasteiger partial charge in [-0.1, -0.05) is 5.92 Å². The first-order valence-corrected chi connectivity index (χ1v) is 2.95. The molecular weight excluding hydrogens is 140 g/mol. The minimum absolute atomic E-state index is 0.207. The Kier molecular flexibility index (Phi) is 1.88. The fourth-order valence-electron chi connectivity index (χ4n) is 0.666. The summed E-state index contributed by atoms with van der Waals surface area (Å²) in [6.07, 6.45) is 7.15. The average molecular weight is 146 g/mol. The fourth-order valence-corrected chi connectivity index (χ4v) is 0.666. The quantitative estimate of drug-likeness (QED) is 0.462. The van der Waals surface area contributed by atoms with Crippen molar-refractivity contribution in [2.45, 2.75) is 0 Å². The van der Waals surface area contributed by atoms with Crippen LogP contribution in [-0.2, 0) is 0 Å². The summed E-state index contributed by atoms with van der Waals surface area (Å²) < 4.78 is 0. The van der Waals surface area contributed by atoms with E-state index in [0.717, 1.165) is 0 Å². The van der Waals surface area contributed by atoms with E-state index in [1.165, 1.54) is 12.3 Å². The van der Waals surface area contributed by atoms with Crippen LogP contribution in [0.15, 0.2) is 12.3 Å². The number of aromatic nitrogens is 1. The van der Waals surface area contributed by atoms with Crippen molar-refractivity contribution in [3.05, 3.63) is 23.4 Å². The first-order valence-electron chi connectivity index (χ1n) is 2.95. The molecule has 1 aromatic heterocycles. The van der Waals surface area contributed by atoms with Gasteiger partial charge in [-0.3, -0.25) is 4.79 Å². The molecule has 11 heavy (non-hydrogen) atoms. The second-order valence-corrected chi connectivity index (χ2v) is 1.96. The predicted octanol–water partition coefficient (Wildman–Crippen LogP) is 0.458. The summed E-state index contributed by atoms with van der Waals surface area (Å²) in [4.78, 5) is 14.0. The van der Waals surface area contributed by atoms with Crippen LogP contribution in [0.2, 0.25) is 0 Å². The Hall–Kier alpha value is -1.82. The highest BCUT2D eigenvalue weighted by molar-refractivity contribution is 5.82. The van der Waals surface area contributed by atoms with Gasteiger partial charge in [0.25, 0.3) is 0 Å². The number of anilines is 1. The van der Waals surface area contributed by atoms with Gasteiger partial charge in [-0.25, -0.2) is 4.98 Å². The van der Waals surface area contributed by atoms with Gasteiger partial charge < -0.3 is 5.73 Å². The highest BCUT2D eigenvalue weighted by atomic mass is 16.1. The third kappa shape index (κ3) is 1.36. The van der Waals surface area contributed by atoms with Gasteiger partial charge in [0.1, 0.15) is 5.82 Å². The van der Waals surface area contributed by atoms with Gasteiger partial charge in [-0.15, -0.1) is 6.42 Å². The van der Waals surface area contributed by atoms with Gasteiger partial charge in [0.15, 0.2) is 6.29 Å². The molecule has 0 saturated carbocycles. The number of hydrogen-bond acceptors (Lipinski definition) is 3.